The molecule has 0 amide bonds. The van der Waals surface area contributed by atoms with Crippen LogP contribution in [-0.2, 0) is 15.9 Å². The van der Waals surface area contributed by atoms with Crippen LogP contribution in [-0.4, -0.2) is 78.6 Å². The van der Waals surface area contributed by atoms with Gasteiger partial charge in [0.25, 0.3) is 0 Å². The lowest BCUT2D eigenvalue weighted by Crippen LogP contribution is -2.47. The average Bonchev–Trinajstić information content (AvgIpc) is 3.43. The molecule has 0 radical (unpaired) electrons. The SMILES string of the molecule is CCNC(=NCCc1nc(-c2ccco2)n[nH]1)N1CCC(OCCCOC)CC1. The number of methoxy groups -OCH3 is 1. The molecule has 3 heterocycles. The second kappa shape index (κ2) is 11.6. The van der Waals surface area contributed by atoms with Gasteiger partial charge in [-0.1, -0.05) is 0 Å². The Balaban J connectivity index is 1.45. The van der Waals surface area contributed by atoms with E-state index in [4.69, 9.17) is 18.9 Å². The van der Waals surface area contributed by atoms with Gasteiger partial charge < -0.3 is 24.1 Å². The first kappa shape index (κ1) is 21.3. The number of ether oxygens (including phenoxy) is 2. The number of furan rings is 1. The van der Waals surface area contributed by atoms with Gasteiger partial charge in [0.15, 0.2) is 11.7 Å². The Bertz CT molecular complexity index is 722. The van der Waals surface area contributed by atoms with Crippen molar-refractivity contribution in [2.24, 2.45) is 4.99 Å². The fourth-order valence-corrected chi connectivity index (χ4v) is 3.30. The van der Waals surface area contributed by atoms with Crippen LogP contribution in [0.2, 0.25) is 0 Å². The van der Waals surface area contributed by atoms with Gasteiger partial charge in [0.05, 0.1) is 12.4 Å². The van der Waals surface area contributed by atoms with Crippen molar-refractivity contribution in [3.63, 3.8) is 0 Å². The van der Waals surface area contributed by atoms with E-state index in [-0.39, 0.29) is 0 Å². The lowest BCUT2D eigenvalue weighted by Gasteiger charge is -2.34. The maximum absolute atomic E-state index is 5.95. The van der Waals surface area contributed by atoms with Crippen molar-refractivity contribution in [1.82, 2.24) is 25.4 Å². The van der Waals surface area contributed by atoms with Crippen LogP contribution in [0, 0.1) is 0 Å². The maximum atomic E-state index is 5.95. The third-order valence-electron chi connectivity index (χ3n) is 4.81. The number of nitrogens with zero attached hydrogens (tertiary/aromatic N) is 4. The third kappa shape index (κ3) is 6.57. The molecule has 0 bridgehead atoms. The summed E-state index contributed by atoms with van der Waals surface area (Å²) in [6.45, 7) is 7.00. The van der Waals surface area contributed by atoms with Gasteiger partial charge in [-0.2, -0.15) is 5.10 Å². The molecule has 9 heteroatoms. The smallest absolute Gasteiger partial charge is 0.216 e. The number of rotatable bonds is 10. The van der Waals surface area contributed by atoms with Gasteiger partial charge in [0.2, 0.25) is 5.82 Å². The number of hydrogen-bond acceptors (Lipinski definition) is 6. The highest BCUT2D eigenvalue weighted by molar-refractivity contribution is 5.80. The summed E-state index contributed by atoms with van der Waals surface area (Å²) in [6, 6.07) is 3.67. The Labute approximate surface area is 171 Å². The summed E-state index contributed by atoms with van der Waals surface area (Å²) in [4.78, 5) is 11.6. The molecular formula is C20H32N6O3. The van der Waals surface area contributed by atoms with E-state index in [2.05, 4.69) is 32.3 Å². The van der Waals surface area contributed by atoms with E-state index in [0.717, 1.165) is 63.9 Å². The molecule has 1 aliphatic heterocycles. The first-order valence-corrected chi connectivity index (χ1v) is 10.4. The van der Waals surface area contributed by atoms with E-state index < -0.39 is 0 Å². The van der Waals surface area contributed by atoms with Gasteiger partial charge >= 0.3 is 0 Å². The first-order chi connectivity index (χ1) is 14.3. The van der Waals surface area contributed by atoms with E-state index in [1.807, 2.05) is 12.1 Å². The Morgan fingerprint density at radius 1 is 1.38 bits per heavy atom. The molecule has 0 unspecified atom stereocenters. The number of likely N-dealkylation sites (tertiary alicyclic amines) is 1. The molecule has 0 aromatic carbocycles. The molecule has 9 nitrogen and oxygen atoms in total. The molecule has 3 rings (SSSR count). The van der Waals surface area contributed by atoms with Crippen LogP contribution < -0.4 is 5.32 Å². The van der Waals surface area contributed by atoms with Crippen molar-refractivity contribution in [2.75, 3.05) is 46.5 Å². The first-order valence-electron chi connectivity index (χ1n) is 10.4. The van der Waals surface area contributed by atoms with Gasteiger partial charge in [-0.3, -0.25) is 10.1 Å². The molecule has 0 aliphatic carbocycles. The molecule has 1 aliphatic rings. The van der Waals surface area contributed by atoms with Gasteiger partial charge in [-0.05, 0) is 38.3 Å². The zero-order valence-electron chi connectivity index (χ0n) is 17.4. The van der Waals surface area contributed by atoms with Crippen LogP contribution in [0.1, 0.15) is 32.0 Å². The van der Waals surface area contributed by atoms with Crippen LogP contribution >= 0.6 is 0 Å². The van der Waals surface area contributed by atoms with Crippen molar-refractivity contribution >= 4 is 5.96 Å². The van der Waals surface area contributed by atoms with Gasteiger partial charge in [-0.15, -0.1) is 0 Å². The minimum Gasteiger partial charge on any atom is -0.461 e. The van der Waals surface area contributed by atoms with E-state index in [0.29, 0.717) is 30.7 Å². The molecule has 1 fully saturated rings. The summed E-state index contributed by atoms with van der Waals surface area (Å²) in [6.07, 6.45) is 5.64. The van der Waals surface area contributed by atoms with Crippen LogP contribution in [0.5, 0.6) is 0 Å². The number of H-pyrrole nitrogens is 1. The van der Waals surface area contributed by atoms with Crippen molar-refractivity contribution in [2.45, 2.75) is 38.7 Å². The Morgan fingerprint density at radius 3 is 2.97 bits per heavy atom. The predicted octanol–water partition coefficient (Wildman–Crippen LogP) is 2.09. The van der Waals surface area contributed by atoms with Crippen molar-refractivity contribution < 1.29 is 13.9 Å². The van der Waals surface area contributed by atoms with Gasteiger partial charge in [-0.25, -0.2) is 4.98 Å². The fourth-order valence-electron chi connectivity index (χ4n) is 3.30. The quantitative estimate of drug-likeness (QED) is 0.355. The zero-order valence-corrected chi connectivity index (χ0v) is 17.4. The average molecular weight is 405 g/mol. The predicted molar refractivity (Wildman–Crippen MR) is 111 cm³/mol. The van der Waals surface area contributed by atoms with Crippen LogP contribution in [0.25, 0.3) is 11.6 Å². The van der Waals surface area contributed by atoms with Crippen molar-refractivity contribution in [3.8, 4) is 11.6 Å². The number of aromatic nitrogens is 3. The summed E-state index contributed by atoms with van der Waals surface area (Å²) < 4.78 is 16.3. The number of hydrogen-bond donors (Lipinski definition) is 2. The second-order valence-corrected chi connectivity index (χ2v) is 6.97. The van der Waals surface area contributed by atoms with E-state index in [1.165, 1.54) is 0 Å². The zero-order chi connectivity index (χ0) is 20.3. The largest absolute Gasteiger partial charge is 0.461 e. The Morgan fingerprint density at radius 2 is 2.24 bits per heavy atom. The second-order valence-electron chi connectivity index (χ2n) is 6.97. The monoisotopic (exact) mass is 404 g/mol. The normalized spacial score (nSPS) is 15.8. The summed E-state index contributed by atoms with van der Waals surface area (Å²) in [5, 5.41) is 10.6. The molecule has 0 spiro atoms. The van der Waals surface area contributed by atoms with Crippen LogP contribution in [0.4, 0.5) is 0 Å². The molecule has 2 aromatic rings. The molecule has 160 valence electrons. The summed E-state index contributed by atoms with van der Waals surface area (Å²) >= 11 is 0. The number of piperidine rings is 1. The van der Waals surface area contributed by atoms with E-state index in [1.54, 1.807) is 13.4 Å². The summed E-state index contributed by atoms with van der Waals surface area (Å²) in [5.41, 5.74) is 0. The van der Waals surface area contributed by atoms with Crippen molar-refractivity contribution in [3.05, 3.63) is 24.2 Å². The lowest BCUT2D eigenvalue weighted by atomic mass is 10.1. The Hall–Kier alpha value is -2.39. The fraction of sp³-hybridized carbons (Fsp3) is 0.650. The lowest BCUT2D eigenvalue weighted by molar-refractivity contribution is 0.00991. The molecule has 2 aromatic heterocycles. The topological polar surface area (TPSA) is 101 Å². The summed E-state index contributed by atoms with van der Waals surface area (Å²) in [7, 11) is 1.72. The van der Waals surface area contributed by atoms with E-state index >= 15 is 0 Å². The standard InChI is InChI=1S/C20H32N6O3/c1-3-21-20(26-11-8-16(9-12-26)28-15-5-13-27-2)22-10-7-18-23-19(25-24-18)17-6-4-14-29-17/h4,6,14,16H,3,5,7-13,15H2,1-2H3,(H,21,22)(H,23,24,25). The molecule has 29 heavy (non-hydrogen) atoms. The number of aromatic amines is 1. The number of aliphatic imine (C=N–C) groups is 1. The van der Waals surface area contributed by atoms with Crippen LogP contribution in [0.3, 0.4) is 0 Å². The van der Waals surface area contributed by atoms with Crippen LogP contribution in [0.15, 0.2) is 27.8 Å². The maximum Gasteiger partial charge on any atom is 0.216 e. The highest BCUT2D eigenvalue weighted by Crippen LogP contribution is 2.15. The summed E-state index contributed by atoms with van der Waals surface area (Å²) in [5.74, 6) is 3.00. The van der Waals surface area contributed by atoms with Gasteiger partial charge in [0, 0.05) is 52.9 Å². The number of nitrogens with one attached hydrogen (secondary N) is 2. The third-order valence-corrected chi connectivity index (χ3v) is 4.81. The number of guanidine groups is 1. The highest BCUT2D eigenvalue weighted by atomic mass is 16.5. The molecule has 1 saturated heterocycles. The minimum atomic E-state index is 0.334. The minimum absolute atomic E-state index is 0.334. The van der Waals surface area contributed by atoms with E-state index in [9.17, 15) is 0 Å². The van der Waals surface area contributed by atoms with Gasteiger partial charge in [0.1, 0.15) is 5.82 Å². The molecule has 0 atom stereocenters. The highest BCUT2D eigenvalue weighted by Gasteiger charge is 2.21. The molecule has 2 N–H and O–H groups in total. The Kier molecular flexibility index (Phi) is 8.51. The van der Waals surface area contributed by atoms with Crippen molar-refractivity contribution in [1.29, 1.82) is 0 Å². The molecular weight excluding hydrogens is 372 g/mol. The molecule has 0 saturated carbocycles.